The molecular formula is C22H23N3O3. The molecule has 0 radical (unpaired) electrons. The van der Waals surface area contributed by atoms with E-state index >= 15 is 0 Å². The summed E-state index contributed by atoms with van der Waals surface area (Å²) in [6.07, 6.45) is 1.49. The molecule has 1 aromatic heterocycles. The number of para-hydroxylation sites is 3. The molecule has 0 bridgehead atoms. The lowest BCUT2D eigenvalue weighted by Gasteiger charge is -2.18. The Bertz CT molecular complexity index is 982. The summed E-state index contributed by atoms with van der Waals surface area (Å²) in [4.78, 5) is 30.7. The van der Waals surface area contributed by atoms with E-state index in [4.69, 9.17) is 4.74 Å². The number of anilines is 1. The largest absolute Gasteiger partial charge is 0.492 e. The van der Waals surface area contributed by atoms with Crippen molar-refractivity contribution < 1.29 is 14.3 Å². The zero-order chi connectivity index (χ0) is 19.9. The molecule has 1 N–H and O–H groups in total. The van der Waals surface area contributed by atoms with E-state index in [2.05, 4.69) is 10.3 Å². The van der Waals surface area contributed by atoms with Gasteiger partial charge in [0.2, 0.25) is 11.8 Å². The predicted octanol–water partition coefficient (Wildman–Crippen LogP) is 3.62. The molecule has 0 saturated carbocycles. The third-order valence-corrected chi connectivity index (χ3v) is 4.35. The number of pyridine rings is 1. The molecular weight excluding hydrogens is 354 g/mol. The van der Waals surface area contributed by atoms with Gasteiger partial charge in [0.15, 0.2) is 0 Å². The number of fused-ring (bicyclic) bond motifs is 1. The van der Waals surface area contributed by atoms with E-state index in [9.17, 15) is 9.59 Å². The van der Waals surface area contributed by atoms with Crippen LogP contribution >= 0.6 is 0 Å². The van der Waals surface area contributed by atoms with Crippen molar-refractivity contribution in [2.24, 2.45) is 0 Å². The lowest BCUT2D eigenvalue weighted by atomic mass is 10.1. The van der Waals surface area contributed by atoms with Crippen LogP contribution in [0.4, 0.5) is 5.69 Å². The molecule has 0 saturated heterocycles. The van der Waals surface area contributed by atoms with Gasteiger partial charge in [-0.1, -0.05) is 30.3 Å². The number of nitrogens with one attached hydrogen (secondary N) is 1. The van der Waals surface area contributed by atoms with Gasteiger partial charge in [0.05, 0.1) is 17.8 Å². The summed E-state index contributed by atoms with van der Waals surface area (Å²) < 4.78 is 5.49. The first kappa shape index (κ1) is 19.4. The monoisotopic (exact) mass is 377 g/mol. The van der Waals surface area contributed by atoms with Crippen molar-refractivity contribution >= 4 is 28.4 Å². The summed E-state index contributed by atoms with van der Waals surface area (Å²) in [5.74, 6) is -0.0433. The summed E-state index contributed by atoms with van der Waals surface area (Å²) in [5, 5.41) is 3.75. The van der Waals surface area contributed by atoms with Crippen LogP contribution in [0.25, 0.3) is 10.9 Å². The molecule has 3 aromatic rings. The summed E-state index contributed by atoms with van der Waals surface area (Å²) >= 11 is 0. The molecule has 0 unspecified atom stereocenters. The van der Waals surface area contributed by atoms with Crippen LogP contribution in [-0.2, 0) is 16.1 Å². The highest BCUT2D eigenvalue weighted by Gasteiger charge is 2.16. The Hall–Kier alpha value is -3.41. The second kappa shape index (κ2) is 8.99. The van der Waals surface area contributed by atoms with Gasteiger partial charge in [0, 0.05) is 25.2 Å². The van der Waals surface area contributed by atoms with Crippen LogP contribution in [0.2, 0.25) is 0 Å². The second-order valence-corrected chi connectivity index (χ2v) is 6.39. The van der Waals surface area contributed by atoms with E-state index in [1.54, 1.807) is 36.3 Å². The van der Waals surface area contributed by atoms with Crippen LogP contribution in [0, 0.1) is 0 Å². The van der Waals surface area contributed by atoms with Gasteiger partial charge in [-0.25, -0.2) is 0 Å². The second-order valence-electron chi connectivity index (χ2n) is 6.39. The minimum Gasteiger partial charge on any atom is -0.492 e. The smallest absolute Gasteiger partial charge is 0.233 e. The summed E-state index contributed by atoms with van der Waals surface area (Å²) in [6, 6.07) is 16.8. The number of benzene rings is 2. The number of hydrogen-bond donors (Lipinski definition) is 1. The van der Waals surface area contributed by atoms with Crippen molar-refractivity contribution in [3.8, 4) is 5.75 Å². The highest BCUT2D eigenvalue weighted by atomic mass is 16.5. The van der Waals surface area contributed by atoms with Crippen LogP contribution in [0.3, 0.4) is 0 Å². The van der Waals surface area contributed by atoms with Gasteiger partial charge < -0.3 is 15.0 Å². The van der Waals surface area contributed by atoms with Crippen LogP contribution in [-0.4, -0.2) is 35.4 Å². The van der Waals surface area contributed by atoms with Crippen LogP contribution < -0.4 is 10.1 Å². The van der Waals surface area contributed by atoms with E-state index in [-0.39, 0.29) is 18.2 Å². The molecule has 0 aliphatic rings. The standard InChI is InChI=1S/C22H23N3O3/c1-3-28-20-11-7-6-10-19(20)24-21(26)14-22(27)25(2)15-16-12-13-23-18-9-5-4-8-17(16)18/h4-13H,3,14-15H2,1-2H3,(H,24,26). The third kappa shape index (κ3) is 4.65. The van der Waals surface area contributed by atoms with Crippen molar-refractivity contribution in [2.75, 3.05) is 19.0 Å². The molecule has 2 amide bonds. The van der Waals surface area contributed by atoms with Gasteiger partial charge in [0.1, 0.15) is 12.2 Å². The Kier molecular flexibility index (Phi) is 6.22. The molecule has 6 nitrogen and oxygen atoms in total. The predicted molar refractivity (Wildman–Crippen MR) is 109 cm³/mol. The number of hydrogen-bond acceptors (Lipinski definition) is 4. The van der Waals surface area contributed by atoms with E-state index in [0.717, 1.165) is 16.5 Å². The zero-order valence-corrected chi connectivity index (χ0v) is 16.0. The van der Waals surface area contributed by atoms with E-state index in [1.807, 2.05) is 43.3 Å². The van der Waals surface area contributed by atoms with Crippen molar-refractivity contribution in [3.05, 3.63) is 66.4 Å². The van der Waals surface area contributed by atoms with Crippen LogP contribution in [0.15, 0.2) is 60.8 Å². The minimum absolute atomic E-state index is 0.236. The normalized spacial score (nSPS) is 10.5. The number of aromatic nitrogens is 1. The Morgan fingerprint density at radius 2 is 1.82 bits per heavy atom. The highest BCUT2D eigenvalue weighted by molar-refractivity contribution is 6.04. The average molecular weight is 377 g/mol. The molecule has 144 valence electrons. The van der Waals surface area contributed by atoms with Crippen molar-refractivity contribution in [3.63, 3.8) is 0 Å². The maximum Gasteiger partial charge on any atom is 0.233 e. The molecule has 0 aliphatic heterocycles. The number of rotatable bonds is 7. The lowest BCUT2D eigenvalue weighted by Crippen LogP contribution is -2.30. The third-order valence-electron chi connectivity index (χ3n) is 4.35. The first-order valence-corrected chi connectivity index (χ1v) is 9.16. The Morgan fingerprint density at radius 1 is 1.07 bits per heavy atom. The first-order chi connectivity index (χ1) is 13.6. The van der Waals surface area contributed by atoms with Gasteiger partial charge >= 0.3 is 0 Å². The van der Waals surface area contributed by atoms with Gasteiger partial charge in [-0.3, -0.25) is 14.6 Å². The van der Waals surface area contributed by atoms with E-state index in [1.165, 1.54) is 0 Å². The molecule has 28 heavy (non-hydrogen) atoms. The summed E-state index contributed by atoms with van der Waals surface area (Å²) in [5.41, 5.74) is 2.43. The van der Waals surface area contributed by atoms with Gasteiger partial charge in [0.25, 0.3) is 0 Å². The average Bonchev–Trinajstić information content (AvgIpc) is 2.70. The number of amides is 2. The topological polar surface area (TPSA) is 71.5 Å². The number of carbonyl (C=O) groups is 2. The quantitative estimate of drug-likeness (QED) is 0.639. The van der Waals surface area contributed by atoms with Gasteiger partial charge in [-0.2, -0.15) is 0 Å². The molecule has 1 heterocycles. The lowest BCUT2D eigenvalue weighted by molar-refractivity contribution is -0.133. The number of ether oxygens (including phenoxy) is 1. The molecule has 3 rings (SSSR count). The zero-order valence-electron chi connectivity index (χ0n) is 16.0. The molecule has 6 heteroatoms. The maximum atomic E-state index is 12.5. The van der Waals surface area contributed by atoms with Crippen LogP contribution in [0.5, 0.6) is 5.75 Å². The van der Waals surface area contributed by atoms with E-state index in [0.29, 0.717) is 24.6 Å². The van der Waals surface area contributed by atoms with Crippen molar-refractivity contribution in [2.45, 2.75) is 19.9 Å². The molecule has 0 atom stereocenters. The first-order valence-electron chi connectivity index (χ1n) is 9.16. The minimum atomic E-state index is -0.372. The molecule has 0 fully saturated rings. The SMILES string of the molecule is CCOc1ccccc1NC(=O)CC(=O)N(C)Cc1ccnc2ccccc12. The summed E-state index contributed by atoms with van der Waals surface area (Å²) in [7, 11) is 1.69. The molecule has 0 spiro atoms. The Balaban J connectivity index is 1.63. The summed E-state index contributed by atoms with van der Waals surface area (Å²) in [6.45, 7) is 2.78. The van der Waals surface area contributed by atoms with Gasteiger partial charge in [-0.05, 0) is 36.8 Å². The van der Waals surface area contributed by atoms with Crippen molar-refractivity contribution in [1.82, 2.24) is 9.88 Å². The highest BCUT2D eigenvalue weighted by Crippen LogP contribution is 2.24. The van der Waals surface area contributed by atoms with Crippen LogP contribution in [0.1, 0.15) is 18.9 Å². The van der Waals surface area contributed by atoms with Crippen molar-refractivity contribution in [1.29, 1.82) is 0 Å². The molecule has 0 aliphatic carbocycles. The number of nitrogens with zero attached hydrogens (tertiary/aromatic N) is 2. The number of carbonyl (C=O) groups excluding carboxylic acids is 2. The fourth-order valence-electron chi connectivity index (χ4n) is 2.95. The Morgan fingerprint density at radius 3 is 2.64 bits per heavy atom. The maximum absolute atomic E-state index is 12.5. The van der Waals surface area contributed by atoms with E-state index < -0.39 is 0 Å². The fourth-order valence-corrected chi connectivity index (χ4v) is 2.95. The molecule has 2 aromatic carbocycles. The van der Waals surface area contributed by atoms with Gasteiger partial charge in [-0.15, -0.1) is 0 Å². The fraction of sp³-hybridized carbons (Fsp3) is 0.227. The Labute approximate surface area is 164 Å².